The van der Waals surface area contributed by atoms with E-state index in [-0.39, 0.29) is 17.3 Å². The molecule has 0 N–H and O–H groups in total. The van der Waals surface area contributed by atoms with Gasteiger partial charge in [-0.1, -0.05) is 26.0 Å². The van der Waals surface area contributed by atoms with Crippen LogP contribution in [0, 0.1) is 17.2 Å². The maximum Gasteiger partial charge on any atom is 0.137 e. The Bertz CT molecular complexity index is 1050. The van der Waals surface area contributed by atoms with Crippen LogP contribution in [0.25, 0.3) is 11.1 Å². The van der Waals surface area contributed by atoms with Crippen molar-refractivity contribution in [2.24, 2.45) is 11.3 Å². The minimum Gasteiger partial charge on any atom is -0.530 e. The molecule has 3 heterocycles. The maximum atomic E-state index is 15.4. The number of ether oxygens (including phenoxy) is 1. The van der Waals surface area contributed by atoms with Crippen molar-refractivity contribution in [2.45, 2.75) is 45.2 Å². The van der Waals surface area contributed by atoms with Gasteiger partial charge in [-0.05, 0) is 84.6 Å². The summed E-state index contributed by atoms with van der Waals surface area (Å²) in [6.45, 7) is 6.97. The maximum absolute atomic E-state index is 15.4. The molecule has 32 heavy (non-hydrogen) atoms. The third kappa shape index (κ3) is 3.45. The lowest BCUT2D eigenvalue weighted by Crippen LogP contribution is -2.62. The Hall–Kier alpha value is -2.60. The molecule has 3 aliphatic heterocycles. The van der Waals surface area contributed by atoms with Gasteiger partial charge < -0.3 is 24.4 Å². The SMILES string of the molecule is COc1cccc(-c2cc3c(cc2F)[C@H](N(C(=O)[O-])[C@@H]2CN4CCC2CC4)C(C)(C)C3)c1. The summed E-state index contributed by atoms with van der Waals surface area (Å²) >= 11 is 0. The summed E-state index contributed by atoms with van der Waals surface area (Å²) in [5, 5.41) is 12.5. The fourth-order valence-corrected chi connectivity index (χ4v) is 6.27. The Morgan fingerprint density at radius 1 is 1.22 bits per heavy atom. The predicted molar refractivity (Wildman–Crippen MR) is 119 cm³/mol. The van der Waals surface area contributed by atoms with Crippen molar-refractivity contribution >= 4 is 6.09 Å². The van der Waals surface area contributed by atoms with Gasteiger partial charge in [0, 0.05) is 18.2 Å². The molecular formula is C26H30FN2O3-. The number of hydrogen-bond acceptors (Lipinski definition) is 4. The first kappa shape index (κ1) is 21.3. The minimum absolute atomic E-state index is 0.0983. The molecule has 0 aromatic heterocycles. The number of carboxylic acid groups (broad SMARTS) is 1. The summed E-state index contributed by atoms with van der Waals surface area (Å²) in [4.78, 5) is 16.4. The summed E-state index contributed by atoms with van der Waals surface area (Å²) < 4.78 is 20.7. The zero-order valence-electron chi connectivity index (χ0n) is 18.9. The summed E-state index contributed by atoms with van der Waals surface area (Å²) in [5.41, 5.74) is 2.70. The van der Waals surface area contributed by atoms with Crippen molar-refractivity contribution in [1.82, 2.24) is 9.80 Å². The number of benzene rings is 2. The number of hydrogen-bond donors (Lipinski definition) is 0. The lowest BCUT2D eigenvalue weighted by atomic mass is 9.79. The predicted octanol–water partition coefficient (Wildman–Crippen LogP) is 3.86. The van der Waals surface area contributed by atoms with Crippen LogP contribution in [0.1, 0.15) is 43.9 Å². The van der Waals surface area contributed by atoms with Crippen LogP contribution in [0.3, 0.4) is 0 Å². The Kier molecular flexibility index (Phi) is 5.16. The first-order valence-corrected chi connectivity index (χ1v) is 11.5. The van der Waals surface area contributed by atoms with Crippen molar-refractivity contribution in [1.29, 1.82) is 0 Å². The largest absolute Gasteiger partial charge is 0.530 e. The molecule has 2 aromatic carbocycles. The molecule has 2 bridgehead atoms. The average Bonchev–Trinajstić information content (AvgIpc) is 3.03. The van der Waals surface area contributed by atoms with E-state index in [9.17, 15) is 9.90 Å². The van der Waals surface area contributed by atoms with Crippen LogP contribution in [-0.4, -0.2) is 48.7 Å². The highest BCUT2D eigenvalue weighted by Crippen LogP contribution is 2.52. The van der Waals surface area contributed by atoms with E-state index in [0.29, 0.717) is 23.7 Å². The lowest BCUT2D eigenvalue weighted by molar-refractivity contribution is -0.276. The second kappa shape index (κ2) is 7.77. The number of piperidine rings is 3. The van der Waals surface area contributed by atoms with Crippen molar-refractivity contribution < 1.29 is 19.0 Å². The summed E-state index contributed by atoms with van der Waals surface area (Å²) in [5.74, 6) is 0.677. The van der Waals surface area contributed by atoms with Crippen molar-refractivity contribution in [3.63, 3.8) is 0 Å². The smallest absolute Gasteiger partial charge is 0.137 e. The van der Waals surface area contributed by atoms with Gasteiger partial charge in [0.05, 0.1) is 13.2 Å². The first-order chi connectivity index (χ1) is 15.3. The number of carbonyl (C=O) groups is 1. The standard InChI is InChI=1S/C26H31FN2O3/c1-26(2)14-18-12-20(17-5-4-6-19(11-17)32-3)22(27)13-21(18)24(26)29(25(30)31)23-15-28-9-7-16(23)8-10-28/h4-6,11-13,16,23-24H,7-10,14-15H2,1-3H3,(H,30,31)/p-1/t23-,24+/m1/s1. The molecule has 6 rings (SSSR count). The van der Waals surface area contributed by atoms with E-state index in [4.69, 9.17) is 4.74 Å². The monoisotopic (exact) mass is 437 g/mol. The van der Waals surface area contributed by atoms with Gasteiger partial charge in [-0.15, -0.1) is 0 Å². The van der Waals surface area contributed by atoms with Crippen LogP contribution < -0.4 is 9.84 Å². The summed E-state index contributed by atoms with van der Waals surface area (Å²) in [6, 6.07) is 10.3. The molecule has 1 amide bonds. The lowest BCUT2D eigenvalue weighted by Gasteiger charge is -2.53. The van der Waals surface area contributed by atoms with E-state index in [2.05, 4.69) is 18.7 Å². The number of fused-ring (bicyclic) bond motifs is 4. The molecule has 4 aliphatic rings. The molecule has 6 heteroatoms. The zero-order valence-corrected chi connectivity index (χ0v) is 18.9. The molecule has 3 saturated heterocycles. The number of halogens is 1. The van der Waals surface area contributed by atoms with E-state index in [0.717, 1.165) is 49.2 Å². The number of methoxy groups -OCH3 is 1. The third-order valence-corrected chi connectivity index (χ3v) is 7.76. The van der Waals surface area contributed by atoms with E-state index < -0.39 is 12.1 Å². The highest BCUT2D eigenvalue weighted by atomic mass is 19.1. The molecular weight excluding hydrogens is 407 g/mol. The number of rotatable bonds is 4. The molecule has 3 fully saturated rings. The molecule has 0 radical (unpaired) electrons. The van der Waals surface area contributed by atoms with Crippen molar-refractivity contribution in [2.75, 3.05) is 26.7 Å². The van der Waals surface area contributed by atoms with Crippen molar-refractivity contribution in [3.8, 4) is 16.9 Å². The fourth-order valence-electron chi connectivity index (χ4n) is 6.27. The summed E-state index contributed by atoms with van der Waals surface area (Å²) in [6.07, 6.45) is 1.57. The molecule has 0 spiro atoms. The van der Waals surface area contributed by atoms with Gasteiger partial charge in [-0.2, -0.15) is 0 Å². The molecule has 5 nitrogen and oxygen atoms in total. The van der Waals surface area contributed by atoms with E-state index in [1.807, 2.05) is 30.3 Å². The van der Waals surface area contributed by atoms with Crippen LogP contribution in [-0.2, 0) is 6.42 Å². The van der Waals surface area contributed by atoms with Crippen LogP contribution in [0.2, 0.25) is 0 Å². The third-order valence-electron chi connectivity index (χ3n) is 7.76. The highest BCUT2D eigenvalue weighted by Gasteiger charge is 2.48. The highest BCUT2D eigenvalue weighted by molar-refractivity contribution is 5.69. The van der Waals surface area contributed by atoms with Crippen LogP contribution in [0.5, 0.6) is 5.75 Å². The Labute approximate surface area is 188 Å². The molecule has 0 saturated carbocycles. The minimum atomic E-state index is -1.15. The van der Waals surface area contributed by atoms with Gasteiger partial charge >= 0.3 is 0 Å². The average molecular weight is 438 g/mol. The van der Waals surface area contributed by atoms with Gasteiger partial charge in [0.2, 0.25) is 0 Å². The fraction of sp³-hybridized carbons (Fsp3) is 0.500. The Balaban J connectivity index is 1.56. The number of amides is 1. The van der Waals surface area contributed by atoms with E-state index >= 15 is 4.39 Å². The molecule has 2 aromatic rings. The number of carbonyl (C=O) groups excluding carboxylic acids is 1. The molecule has 0 unspecified atom stereocenters. The van der Waals surface area contributed by atoms with Gasteiger partial charge in [-0.25, -0.2) is 4.39 Å². The van der Waals surface area contributed by atoms with Gasteiger partial charge in [-0.3, -0.25) is 0 Å². The number of nitrogens with zero attached hydrogens (tertiary/aromatic N) is 2. The second-order valence-electron chi connectivity index (χ2n) is 10.2. The molecule has 170 valence electrons. The summed E-state index contributed by atoms with van der Waals surface area (Å²) in [7, 11) is 1.59. The molecule has 1 aliphatic carbocycles. The van der Waals surface area contributed by atoms with Gasteiger partial charge in [0.25, 0.3) is 0 Å². The topological polar surface area (TPSA) is 55.8 Å². The quantitative estimate of drug-likeness (QED) is 0.729. The zero-order chi connectivity index (χ0) is 22.6. The van der Waals surface area contributed by atoms with Crippen LogP contribution >= 0.6 is 0 Å². The first-order valence-electron chi connectivity index (χ1n) is 11.5. The van der Waals surface area contributed by atoms with E-state index in [1.165, 1.54) is 0 Å². The Morgan fingerprint density at radius 2 is 1.97 bits per heavy atom. The normalized spacial score (nSPS) is 27.8. The molecule has 2 atom stereocenters. The van der Waals surface area contributed by atoms with Gasteiger partial charge in [0.15, 0.2) is 0 Å². The second-order valence-corrected chi connectivity index (χ2v) is 10.2. The van der Waals surface area contributed by atoms with E-state index in [1.54, 1.807) is 18.1 Å². The van der Waals surface area contributed by atoms with Crippen LogP contribution in [0.15, 0.2) is 36.4 Å². The van der Waals surface area contributed by atoms with Crippen LogP contribution in [0.4, 0.5) is 9.18 Å². The Morgan fingerprint density at radius 3 is 2.59 bits per heavy atom. The van der Waals surface area contributed by atoms with Crippen molar-refractivity contribution in [3.05, 3.63) is 53.3 Å². The van der Waals surface area contributed by atoms with Gasteiger partial charge in [0.1, 0.15) is 17.7 Å².